The Balaban J connectivity index is 1.51. The van der Waals surface area contributed by atoms with Crippen LogP contribution < -0.4 is 15.9 Å². The second-order valence-electron chi connectivity index (χ2n) is 6.57. The van der Waals surface area contributed by atoms with Crippen LogP contribution in [-0.4, -0.2) is 28.0 Å². The Bertz CT molecular complexity index is 1200. The fourth-order valence-corrected chi connectivity index (χ4v) is 2.91. The topological polar surface area (TPSA) is 116 Å². The average molecular weight is 401 g/mol. The van der Waals surface area contributed by atoms with Crippen LogP contribution in [0.1, 0.15) is 18.2 Å². The van der Waals surface area contributed by atoms with Gasteiger partial charge in [-0.2, -0.15) is 5.10 Å². The summed E-state index contributed by atoms with van der Waals surface area (Å²) in [5.74, 6) is 0.243. The van der Waals surface area contributed by atoms with Crippen LogP contribution in [0, 0.1) is 0 Å². The summed E-state index contributed by atoms with van der Waals surface area (Å²) in [6.07, 6.45) is -0.778. The molecule has 1 aromatic heterocycles. The molecule has 1 amide bonds. The summed E-state index contributed by atoms with van der Waals surface area (Å²) in [6, 6.07) is 22.7. The van der Waals surface area contributed by atoms with Gasteiger partial charge in [-0.15, -0.1) is 0 Å². The average Bonchev–Trinajstić information content (AvgIpc) is 3.20. The molecule has 0 fully saturated rings. The first-order chi connectivity index (χ1) is 14.6. The third-order valence-corrected chi connectivity index (χ3v) is 4.47. The van der Waals surface area contributed by atoms with Crippen molar-refractivity contribution in [1.82, 2.24) is 15.7 Å². The zero-order valence-electron chi connectivity index (χ0n) is 16.1. The highest BCUT2D eigenvalue weighted by atomic mass is 16.6. The van der Waals surface area contributed by atoms with Gasteiger partial charge in [0, 0.05) is 5.56 Å². The largest absolute Gasteiger partial charge is 0.481 e. The van der Waals surface area contributed by atoms with Crippen molar-refractivity contribution in [2.45, 2.75) is 13.0 Å². The lowest BCUT2D eigenvalue weighted by Crippen LogP contribution is -2.34. The second-order valence-corrected chi connectivity index (χ2v) is 6.57. The number of carbonyl (C=O) groups is 1. The molecule has 1 atom stereocenters. The molecule has 4 aromatic rings. The summed E-state index contributed by atoms with van der Waals surface area (Å²) in [7, 11) is 0. The maximum absolute atomic E-state index is 12.6. The molecule has 3 aromatic carbocycles. The predicted molar refractivity (Wildman–Crippen MR) is 113 cm³/mol. The van der Waals surface area contributed by atoms with Crippen LogP contribution in [-0.2, 0) is 4.79 Å². The maximum Gasteiger partial charge on any atom is 0.280 e. The molecule has 3 N–H and O–H groups in total. The van der Waals surface area contributed by atoms with Crippen LogP contribution in [0.15, 0.2) is 82.5 Å². The monoisotopic (exact) mass is 401 g/mol. The fraction of sp³-hybridized carbons (Fsp3) is 0.0909. The van der Waals surface area contributed by atoms with E-state index in [1.807, 2.05) is 72.8 Å². The van der Waals surface area contributed by atoms with Crippen molar-refractivity contribution in [3.05, 3.63) is 84.1 Å². The first kappa shape index (κ1) is 19.1. The van der Waals surface area contributed by atoms with Crippen LogP contribution in [0.25, 0.3) is 10.8 Å². The molecule has 30 heavy (non-hydrogen) atoms. The minimum absolute atomic E-state index is 0.0762. The number of fused-ring (bicyclic) bond motifs is 1. The Kier molecular flexibility index (Phi) is 5.38. The van der Waals surface area contributed by atoms with Gasteiger partial charge in [-0.25, -0.2) is 10.1 Å². The number of rotatable bonds is 6. The minimum Gasteiger partial charge on any atom is -0.481 e. The Morgan fingerprint density at radius 2 is 1.77 bits per heavy atom. The molecule has 8 heteroatoms. The van der Waals surface area contributed by atoms with E-state index in [0.29, 0.717) is 17.0 Å². The predicted octanol–water partition coefficient (Wildman–Crippen LogP) is 3.14. The number of nitrogens with zero attached hydrogens (tertiary/aromatic N) is 3. The summed E-state index contributed by atoms with van der Waals surface area (Å²) in [5, 5.41) is 13.7. The van der Waals surface area contributed by atoms with E-state index in [1.54, 1.807) is 6.92 Å². The van der Waals surface area contributed by atoms with Crippen molar-refractivity contribution >= 4 is 28.2 Å². The number of aromatic nitrogens is 2. The number of nitrogen functional groups attached to an aromatic ring is 1. The van der Waals surface area contributed by atoms with Gasteiger partial charge in [-0.1, -0.05) is 60.7 Å². The van der Waals surface area contributed by atoms with E-state index in [1.165, 1.54) is 0 Å². The molecule has 0 radical (unpaired) electrons. The van der Waals surface area contributed by atoms with E-state index in [4.69, 9.17) is 10.5 Å². The Labute approximate surface area is 172 Å². The number of hydrogen-bond donors (Lipinski definition) is 2. The Hall–Kier alpha value is -4.20. The van der Waals surface area contributed by atoms with Crippen LogP contribution in [0.5, 0.6) is 5.75 Å². The van der Waals surface area contributed by atoms with E-state index < -0.39 is 12.0 Å². The molecular formula is C22H19N5O3. The fourth-order valence-electron chi connectivity index (χ4n) is 2.91. The first-order valence-electron chi connectivity index (χ1n) is 9.28. The standard InChI is InChI=1S/C22H19N5O3/c1-14(29-18-12-11-15-7-5-6-10-17(15)13-18)22(28)25-24-19(16-8-3-2-4-9-16)20-21(23)27-30-26-20/h2-14H,1H3,(H2,23,27)(H,25,28). The Morgan fingerprint density at radius 1 is 1.03 bits per heavy atom. The molecule has 0 saturated carbocycles. The Morgan fingerprint density at radius 3 is 2.50 bits per heavy atom. The molecule has 0 saturated heterocycles. The SMILES string of the molecule is CC(Oc1ccc2ccccc2c1)C(=O)NN=C(c1ccccc1)c1nonc1N. The second kappa shape index (κ2) is 8.44. The van der Waals surface area contributed by atoms with Crippen LogP contribution in [0.2, 0.25) is 0 Å². The molecule has 0 aliphatic rings. The van der Waals surface area contributed by atoms with Gasteiger partial charge in [0.2, 0.25) is 0 Å². The minimum atomic E-state index is -0.778. The normalized spacial score (nSPS) is 12.5. The van der Waals surface area contributed by atoms with E-state index in [-0.39, 0.29) is 11.5 Å². The van der Waals surface area contributed by atoms with E-state index >= 15 is 0 Å². The molecule has 1 unspecified atom stereocenters. The van der Waals surface area contributed by atoms with Crippen molar-refractivity contribution in [3.63, 3.8) is 0 Å². The van der Waals surface area contributed by atoms with Gasteiger partial charge in [0.05, 0.1) is 0 Å². The highest BCUT2D eigenvalue weighted by molar-refractivity contribution is 6.14. The molecule has 150 valence electrons. The number of hydrogen-bond acceptors (Lipinski definition) is 7. The van der Waals surface area contributed by atoms with Crippen molar-refractivity contribution in [2.24, 2.45) is 5.10 Å². The molecule has 0 aliphatic carbocycles. The maximum atomic E-state index is 12.6. The molecule has 0 bridgehead atoms. The van der Waals surface area contributed by atoms with Gasteiger partial charge in [-0.3, -0.25) is 4.79 Å². The summed E-state index contributed by atoms with van der Waals surface area (Å²) >= 11 is 0. The van der Waals surface area contributed by atoms with E-state index in [9.17, 15) is 4.79 Å². The number of amides is 1. The van der Waals surface area contributed by atoms with Gasteiger partial charge in [0.1, 0.15) is 11.5 Å². The number of anilines is 1. The number of nitrogens with two attached hydrogens (primary N) is 1. The molecular weight excluding hydrogens is 382 g/mol. The molecule has 1 heterocycles. The summed E-state index contributed by atoms with van der Waals surface area (Å²) in [6.45, 7) is 1.65. The third-order valence-electron chi connectivity index (χ3n) is 4.47. The quantitative estimate of drug-likeness (QED) is 0.379. The summed E-state index contributed by atoms with van der Waals surface area (Å²) in [5.41, 5.74) is 9.59. The highest BCUT2D eigenvalue weighted by Crippen LogP contribution is 2.21. The van der Waals surface area contributed by atoms with Crippen LogP contribution in [0.4, 0.5) is 5.82 Å². The lowest BCUT2D eigenvalue weighted by molar-refractivity contribution is -0.127. The van der Waals surface area contributed by atoms with Gasteiger partial charge in [0.15, 0.2) is 17.6 Å². The smallest absolute Gasteiger partial charge is 0.280 e. The first-order valence-corrected chi connectivity index (χ1v) is 9.28. The lowest BCUT2D eigenvalue weighted by atomic mass is 10.1. The van der Waals surface area contributed by atoms with Crippen LogP contribution >= 0.6 is 0 Å². The van der Waals surface area contributed by atoms with Gasteiger partial charge < -0.3 is 10.5 Å². The van der Waals surface area contributed by atoms with Crippen molar-refractivity contribution in [2.75, 3.05) is 5.73 Å². The number of carbonyl (C=O) groups excluding carboxylic acids is 1. The van der Waals surface area contributed by atoms with Crippen LogP contribution in [0.3, 0.4) is 0 Å². The lowest BCUT2D eigenvalue weighted by Gasteiger charge is -2.14. The van der Waals surface area contributed by atoms with Gasteiger partial charge in [0.25, 0.3) is 5.91 Å². The van der Waals surface area contributed by atoms with Crippen molar-refractivity contribution < 1.29 is 14.2 Å². The number of benzene rings is 3. The van der Waals surface area contributed by atoms with Crippen molar-refractivity contribution in [1.29, 1.82) is 0 Å². The number of ether oxygens (including phenoxy) is 1. The van der Waals surface area contributed by atoms with E-state index in [0.717, 1.165) is 10.8 Å². The van der Waals surface area contributed by atoms with Gasteiger partial charge in [-0.05, 0) is 40.1 Å². The number of hydrazone groups is 1. The zero-order valence-corrected chi connectivity index (χ0v) is 16.1. The number of nitrogens with one attached hydrogen (secondary N) is 1. The summed E-state index contributed by atoms with van der Waals surface area (Å²) < 4.78 is 10.5. The van der Waals surface area contributed by atoms with E-state index in [2.05, 4.69) is 25.5 Å². The molecule has 8 nitrogen and oxygen atoms in total. The molecule has 4 rings (SSSR count). The van der Waals surface area contributed by atoms with Crippen molar-refractivity contribution in [3.8, 4) is 5.75 Å². The zero-order chi connectivity index (χ0) is 20.9. The molecule has 0 aliphatic heterocycles. The summed E-state index contributed by atoms with van der Waals surface area (Å²) in [4.78, 5) is 12.6. The molecule has 0 spiro atoms. The van der Waals surface area contributed by atoms with Gasteiger partial charge >= 0.3 is 0 Å². The highest BCUT2D eigenvalue weighted by Gasteiger charge is 2.19. The third kappa shape index (κ3) is 4.12.